The van der Waals surface area contributed by atoms with Crippen LogP contribution in [0.2, 0.25) is 0 Å². The number of amides is 1. The quantitative estimate of drug-likeness (QED) is 0.304. The van der Waals surface area contributed by atoms with Gasteiger partial charge < -0.3 is 15.5 Å². The summed E-state index contributed by atoms with van der Waals surface area (Å²) in [4.78, 5) is 23.3. The summed E-state index contributed by atoms with van der Waals surface area (Å²) >= 11 is 0. The van der Waals surface area contributed by atoms with E-state index < -0.39 is 0 Å². The van der Waals surface area contributed by atoms with Crippen LogP contribution >= 0.6 is 0 Å². The van der Waals surface area contributed by atoms with Crippen molar-refractivity contribution < 1.29 is 4.79 Å². The molecule has 0 saturated heterocycles. The Balaban J connectivity index is 1.37. The second-order valence-corrected chi connectivity index (χ2v) is 8.18. The van der Waals surface area contributed by atoms with Gasteiger partial charge in [-0.1, -0.05) is 12.1 Å². The molecule has 174 valence electrons. The summed E-state index contributed by atoms with van der Waals surface area (Å²) in [5, 5.41) is 16.8. The van der Waals surface area contributed by atoms with Gasteiger partial charge in [0.15, 0.2) is 0 Å². The SMILES string of the molecule is CN(C(=O)c1cccc(Nc2ccncc2)c1)c1cccc(Nc2ccnc3ccc(C#N)cc23)c1. The molecule has 7 nitrogen and oxygen atoms in total. The minimum atomic E-state index is -0.126. The standard InChI is InChI=1S/C29H22N6O/c1-35(29(36)21-4-2-5-23(17-21)33-22-10-13-31-14-11-22)25-7-3-6-24(18-25)34-28-12-15-32-27-9-8-20(19-30)16-26(27)28/h2-18H,1H3,(H,31,33)(H,32,34). The van der Waals surface area contributed by atoms with Crippen LogP contribution in [0.25, 0.3) is 10.9 Å². The first kappa shape index (κ1) is 22.6. The van der Waals surface area contributed by atoms with Gasteiger partial charge in [-0.25, -0.2) is 0 Å². The Morgan fingerprint density at radius 3 is 2.42 bits per heavy atom. The van der Waals surface area contributed by atoms with Crippen molar-refractivity contribution in [2.75, 3.05) is 22.6 Å². The normalized spacial score (nSPS) is 10.4. The first-order valence-corrected chi connectivity index (χ1v) is 11.3. The third kappa shape index (κ3) is 4.83. The monoisotopic (exact) mass is 470 g/mol. The number of aromatic nitrogens is 2. The Bertz CT molecular complexity index is 1590. The van der Waals surface area contributed by atoms with Crippen molar-refractivity contribution in [3.63, 3.8) is 0 Å². The van der Waals surface area contributed by atoms with Gasteiger partial charge in [0.05, 0.1) is 17.1 Å². The summed E-state index contributed by atoms with van der Waals surface area (Å²) in [6, 6.07) is 28.2. The van der Waals surface area contributed by atoms with Gasteiger partial charge in [0, 0.05) is 65.0 Å². The van der Waals surface area contributed by atoms with Crippen molar-refractivity contribution in [2.45, 2.75) is 0 Å². The maximum absolute atomic E-state index is 13.3. The Morgan fingerprint density at radius 2 is 1.61 bits per heavy atom. The molecule has 2 N–H and O–H groups in total. The molecule has 0 saturated carbocycles. The third-order valence-electron chi connectivity index (χ3n) is 5.77. The highest BCUT2D eigenvalue weighted by atomic mass is 16.2. The van der Waals surface area contributed by atoms with Gasteiger partial charge in [0.25, 0.3) is 5.91 Å². The Morgan fingerprint density at radius 1 is 0.833 bits per heavy atom. The molecular formula is C29H22N6O. The summed E-state index contributed by atoms with van der Waals surface area (Å²) in [6.45, 7) is 0. The molecule has 0 unspecified atom stereocenters. The molecule has 0 aliphatic rings. The van der Waals surface area contributed by atoms with E-state index in [0.717, 1.165) is 39.3 Å². The molecule has 36 heavy (non-hydrogen) atoms. The molecular weight excluding hydrogens is 448 g/mol. The van der Waals surface area contributed by atoms with E-state index in [4.69, 9.17) is 0 Å². The number of nitrogens with zero attached hydrogens (tertiary/aromatic N) is 4. The van der Waals surface area contributed by atoms with E-state index in [-0.39, 0.29) is 5.91 Å². The first-order valence-electron chi connectivity index (χ1n) is 11.3. The molecule has 0 radical (unpaired) electrons. The van der Waals surface area contributed by atoms with Crippen LogP contribution in [0.4, 0.5) is 28.4 Å². The predicted octanol–water partition coefficient (Wildman–Crippen LogP) is 6.27. The second kappa shape index (κ2) is 9.95. The number of nitrogens with one attached hydrogen (secondary N) is 2. The van der Waals surface area contributed by atoms with Gasteiger partial charge >= 0.3 is 0 Å². The molecule has 7 heteroatoms. The fraction of sp³-hybridized carbons (Fsp3) is 0.0345. The number of anilines is 5. The molecule has 0 bridgehead atoms. The molecule has 0 atom stereocenters. The van der Waals surface area contributed by atoms with Crippen LogP contribution in [0.15, 0.2) is 104 Å². The number of hydrogen-bond donors (Lipinski definition) is 2. The number of pyridine rings is 2. The highest BCUT2D eigenvalue weighted by Gasteiger charge is 2.15. The van der Waals surface area contributed by atoms with Crippen molar-refractivity contribution in [3.8, 4) is 6.07 Å². The number of fused-ring (bicyclic) bond motifs is 1. The van der Waals surface area contributed by atoms with Gasteiger partial charge in [-0.15, -0.1) is 0 Å². The molecule has 0 aliphatic carbocycles. The molecule has 1 amide bonds. The Kier molecular flexibility index (Phi) is 6.24. The zero-order valence-electron chi connectivity index (χ0n) is 19.5. The zero-order valence-corrected chi connectivity index (χ0v) is 19.5. The van der Waals surface area contributed by atoms with E-state index >= 15 is 0 Å². The molecule has 0 spiro atoms. The summed E-state index contributed by atoms with van der Waals surface area (Å²) < 4.78 is 0. The lowest BCUT2D eigenvalue weighted by Crippen LogP contribution is -2.26. The Hall–Kier alpha value is -5.22. The van der Waals surface area contributed by atoms with Crippen LogP contribution in [0.5, 0.6) is 0 Å². The van der Waals surface area contributed by atoms with Crippen molar-refractivity contribution >= 4 is 45.2 Å². The molecule has 5 aromatic rings. The van der Waals surface area contributed by atoms with Crippen LogP contribution in [-0.2, 0) is 0 Å². The van der Waals surface area contributed by atoms with Crippen LogP contribution in [0.1, 0.15) is 15.9 Å². The second-order valence-electron chi connectivity index (χ2n) is 8.18. The fourth-order valence-electron chi connectivity index (χ4n) is 3.92. The summed E-state index contributed by atoms with van der Waals surface area (Å²) in [5.41, 5.74) is 6.03. The van der Waals surface area contributed by atoms with Gasteiger partial charge in [0.1, 0.15) is 0 Å². The first-order chi connectivity index (χ1) is 17.6. The average Bonchev–Trinajstić information content (AvgIpc) is 2.93. The lowest BCUT2D eigenvalue weighted by molar-refractivity contribution is 0.0993. The Labute approximate surface area is 208 Å². The van der Waals surface area contributed by atoms with Crippen molar-refractivity contribution in [1.82, 2.24) is 9.97 Å². The van der Waals surface area contributed by atoms with Crippen LogP contribution in [0, 0.1) is 11.3 Å². The van der Waals surface area contributed by atoms with Crippen LogP contribution in [-0.4, -0.2) is 22.9 Å². The lowest BCUT2D eigenvalue weighted by atomic mass is 10.1. The summed E-state index contributed by atoms with van der Waals surface area (Å²) in [7, 11) is 1.76. The van der Waals surface area contributed by atoms with E-state index in [0.29, 0.717) is 11.1 Å². The van der Waals surface area contributed by atoms with Crippen LogP contribution in [0.3, 0.4) is 0 Å². The number of benzene rings is 3. The summed E-state index contributed by atoms with van der Waals surface area (Å²) in [5.74, 6) is -0.126. The van der Waals surface area contributed by atoms with Crippen molar-refractivity contribution in [3.05, 3.63) is 115 Å². The molecule has 2 aromatic heterocycles. The topological polar surface area (TPSA) is 93.9 Å². The molecule has 0 aliphatic heterocycles. The zero-order chi connectivity index (χ0) is 24.9. The van der Waals surface area contributed by atoms with E-state index in [1.54, 1.807) is 42.7 Å². The summed E-state index contributed by atoms with van der Waals surface area (Å²) in [6.07, 6.45) is 5.15. The lowest BCUT2D eigenvalue weighted by Gasteiger charge is -2.19. The average molecular weight is 471 g/mol. The molecule has 2 heterocycles. The van der Waals surface area contributed by atoms with Gasteiger partial charge in [-0.05, 0) is 72.8 Å². The maximum atomic E-state index is 13.3. The van der Waals surface area contributed by atoms with E-state index in [1.807, 2.05) is 72.8 Å². The maximum Gasteiger partial charge on any atom is 0.258 e. The van der Waals surface area contributed by atoms with E-state index in [1.165, 1.54) is 0 Å². The van der Waals surface area contributed by atoms with E-state index in [2.05, 4.69) is 26.7 Å². The number of nitriles is 1. The number of carbonyl (C=O) groups is 1. The fourth-order valence-corrected chi connectivity index (χ4v) is 3.92. The number of carbonyl (C=O) groups excluding carboxylic acids is 1. The third-order valence-corrected chi connectivity index (χ3v) is 5.77. The minimum absolute atomic E-state index is 0.126. The van der Waals surface area contributed by atoms with Gasteiger partial charge in [0.2, 0.25) is 0 Å². The molecule has 0 fully saturated rings. The predicted molar refractivity (Wildman–Crippen MR) is 143 cm³/mol. The van der Waals surface area contributed by atoms with Gasteiger partial charge in [-0.3, -0.25) is 14.8 Å². The van der Waals surface area contributed by atoms with Gasteiger partial charge in [-0.2, -0.15) is 5.26 Å². The minimum Gasteiger partial charge on any atom is -0.355 e. The smallest absolute Gasteiger partial charge is 0.258 e. The van der Waals surface area contributed by atoms with Crippen LogP contribution < -0.4 is 15.5 Å². The molecule has 5 rings (SSSR count). The largest absolute Gasteiger partial charge is 0.355 e. The highest BCUT2D eigenvalue weighted by molar-refractivity contribution is 6.06. The molecule has 3 aromatic carbocycles. The number of rotatable bonds is 6. The number of hydrogen-bond acceptors (Lipinski definition) is 6. The highest BCUT2D eigenvalue weighted by Crippen LogP contribution is 2.28. The van der Waals surface area contributed by atoms with Crippen molar-refractivity contribution in [1.29, 1.82) is 5.26 Å². The van der Waals surface area contributed by atoms with E-state index in [9.17, 15) is 10.1 Å². The van der Waals surface area contributed by atoms with Crippen molar-refractivity contribution in [2.24, 2.45) is 0 Å².